The predicted molar refractivity (Wildman–Crippen MR) is 126 cm³/mol. The summed E-state index contributed by atoms with van der Waals surface area (Å²) >= 11 is 7.38. The smallest absolute Gasteiger partial charge is 0.263 e. The number of thiazole rings is 1. The lowest BCUT2D eigenvalue weighted by Crippen LogP contribution is -2.16. The first-order chi connectivity index (χ1) is 15.4. The van der Waals surface area contributed by atoms with Gasteiger partial charge in [0.25, 0.3) is 15.9 Å². The SMILES string of the molecule is O=C(Nc1ccc(S(=O)(=O)Nc2nccs2)cc1)c1c2c(nc3ccc(Cl)cc13)CCC2. The van der Waals surface area contributed by atoms with Crippen LogP contribution in [0.2, 0.25) is 5.02 Å². The molecule has 0 fully saturated rings. The van der Waals surface area contributed by atoms with Crippen molar-refractivity contribution in [2.45, 2.75) is 24.2 Å². The summed E-state index contributed by atoms with van der Waals surface area (Å²) in [5.41, 5.74) is 3.69. The number of benzene rings is 2. The quantitative estimate of drug-likeness (QED) is 0.420. The molecular formula is C22H17ClN4O3S2. The van der Waals surface area contributed by atoms with Crippen LogP contribution < -0.4 is 10.0 Å². The van der Waals surface area contributed by atoms with Crippen LogP contribution in [-0.2, 0) is 22.9 Å². The molecule has 1 amide bonds. The zero-order valence-electron chi connectivity index (χ0n) is 16.6. The Morgan fingerprint density at radius 3 is 2.66 bits per heavy atom. The summed E-state index contributed by atoms with van der Waals surface area (Å²) in [6.07, 6.45) is 4.10. The molecule has 10 heteroatoms. The number of aromatic nitrogens is 2. The molecule has 32 heavy (non-hydrogen) atoms. The van der Waals surface area contributed by atoms with Crippen LogP contribution in [0, 0.1) is 0 Å². The number of halogens is 1. The molecule has 2 heterocycles. The van der Waals surface area contributed by atoms with Gasteiger partial charge in [0.1, 0.15) is 0 Å². The number of carbonyl (C=O) groups is 1. The Labute approximate surface area is 193 Å². The molecule has 1 aliphatic carbocycles. The van der Waals surface area contributed by atoms with Gasteiger partial charge in [-0.05, 0) is 67.3 Å². The summed E-state index contributed by atoms with van der Waals surface area (Å²) in [7, 11) is -3.76. The number of rotatable bonds is 5. The van der Waals surface area contributed by atoms with Crippen molar-refractivity contribution < 1.29 is 13.2 Å². The number of fused-ring (bicyclic) bond motifs is 2. The van der Waals surface area contributed by atoms with Gasteiger partial charge in [-0.2, -0.15) is 0 Å². The highest BCUT2D eigenvalue weighted by Crippen LogP contribution is 2.32. The molecule has 0 bridgehead atoms. The number of pyridine rings is 1. The van der Waals surface area contributed by atoms with Crippen LogP contribution in [0.3, 0.4) is 0 Å². The Morgan fingerprint density at radius 2 is 1.91 bits per heavy atom. The zero-order chi connectivity index (χ0) is 22.3. The van der Waals surface area contributed by atoms with Crippen molar-refractivity contribution in [2.75, 3.05) is 10.0 Å². The predicted octanol–water partition coefficient (Wildman–Crippen LogP) is 4.89. The van der Waals surface area contributed by atoms with Gasteiger partial charge < -0.3 is 5.32 Å². The lowest BCUT2D eigenvalue weighted by Gasteiger charge is -2.13. The van der Waals surface area contributed by atoms with E-state index in [4.69, 9.17) is 16.6 Å². The highest BCUT2D eigenvalue weighted by atomic mass is 35.5. The minimum Gasteiger partial charge on any atom is -0.322 e. The maximum absolute atomic E-state index is 13.3. The third-order valence-electron chi connectivity index (χ3n) is 5.28. The van der Waals surface area contributed by atoms with Crippen LogP contribution in [0.1, 0.15) is 28.0 Å². The van der Waals surface area contributed by atoms with E-state index in [0.717, 1.165) is 36.0 Å². The molecule has 0 radical (unpaired) electrons. The summed E-state index contributed by atoms with van der Waals surface area (Å²) in [5.74, 6) is -0.269. The number of amides is 1. The second-order valence-corrected chi connectivity index (χ2v) is 10.4. The van der Waals surface area contributed by atoms with Crippen LogP contribution in [0.4, 0.5) is 10.8 Å². The second kappa shape index (κ2) is 8.16. The van der Waals surface area contributed by atoms with Crippen molar-refractivity contribution in [3.63, 3.8) is 0 Å². The molecule has 2 aromatic carbocycles. The van der Waals surface area contributed by atoms with Gasteiger partial charge >= 0.3 is 0 Å². The van der Waals surface area contributed by atoms with E-state index in [1.54, 1.807) is 29.6 Å². The number of sulfonamides is 1. The molecule has 0 saturated heterocycles. The fourth-order valence-corrected chi connectivity index (χ4v) is 5.81. The molecule has 162 valence electrons. The first-order valence-electron chi connectivity index (χ1n) is 9.85. The molecule has 2 aromatic heterocycles. The Hall–Kier alpha value is -3.01. The number of hydrogen-bond donors (Lipinski definition) is 2. The average Bonchev–Trinajstić information content (AvgIpc) is 3.43. The van der Waals surface area contributed by atoms with Gasteiger partial charge in [0.2, 0.25) is 0 Å². The van der Waals surface area contributed by atoms with E-state index >= 15 is 0 Å². The number of nitrogens with zero attached hydrogens (tertiary/aromatic N) is 2. The fraction of sp³-hybridized carbons (Fsp3) is 0.136. The first kappa shape index (κ1) is 20.9. The average molecular weight is 485 g/mol. The van der Waals surface area contributed by atoms with Crippen molar-refractivity contribution in [1.29, 1.82) is 0 Å². The van der Waals surface area contributed by atoms with E-state index in [1.165, 1.54) is 29.7 Å². The summed E-state index contributed by atoms with van der Waals surface area (Å²) in [5, 5.41) is 6.11. The molecule has 4 aromatic rings. The van der Waals surface area contributed by atoms with Gasteiger partial charge in [-0.15, -0.1) is 11.3 Å². The molecule has 0 spiro atoms. The van der Waals surface area contributed by atoms with Crippen LogP contribution in [0.25, 0.3) is 10.9 Å². The molecular weight excluding hydrogens is 468 g/mol. The molecule has 1 aliphatic rings. The number of aryl methyl sites for hydroxylation is 1. The topological polar surface area (TPSA) is 101 Å². The van der Waals surface area contributed by atoms with E-state index in [-0.39, 0.29) is 10.8 Å². The standard InChI is InChI=1S/C22H17ClN4O3S2/c23-13-4-9-19-17(12-13)20(16-2-1-3-18(16)26-19)21(28)25-14-5-7-15(8-6-14)32(29,30)27-22-24-10-11-31-22/h4-12H,1-3H2,(H,24,27)(H,25,28). The lowest BCUT2D eigenvalue weighted by molar-refractivity contribution is 0.102. The van der Waals surface area contributed by atoms with Crippen molar-refractivity contribution >= 4 is 60.6 Å². The van der Waals surface area contributed by atoms with Gasteiger partial charge in [-0.1, -0.05) is 11.6 Å². The maximum Gasteiger partial charge on any atom is 0.263 e. The fourth-order valence-electron chi connectivity index (χ4n) is 3.85. The number of anilines is 2. The molecule has 0 unspecified atom stereocenters. The summed E-state index contributed by atoms with van der Waals surface area (Å²) in [6, 6.07) is 11.4. The highest BCUT2D eigenvalue weighted by molar-refractivity contribution is 7.93. The van der Waals surface area contributed by atoms with Crippen molar-refractivity contribution in [2.24, 2.45) is 0 Å². The van der Waals surface area contributed by atoms with Crippen LogP contribution in [0.15, 0.2) is 58.9 Å². The maximum atomic E-state index is 13.3. The van der Waals surface area contributed by atoms with Gasteiger partial charge in [0.05, 0.1) is 16.0 Å². The number of carbonyl (C=O) groups excluding carboxylic acids is 1. The molecule has 7 nitrogen and oxygen atoms in total. The monoisotopic (exact) mass is 484 g/mol. The van der Waals surface area contributed by atoms with E-state index in [9.17, 15) is 13.2 Å². The van der Waals surface area contributed by atoms with Crippen molar-refractivity contribution in [3.05, 3.63) is 75.9 Å². The van der Waals surface area contributed by atoms with E-state index < -0.39 is 10.0 Å². The van der Waals surface area contributed by atoms with E-state index in [0.29, 0.717) is 26.8 Å². The lowest BCUT2D eigenvalue weighted by atomic mass is 10.0. The van der Waals surface area contributed by atoms with E-state index in [1.807, 2.05) is 6.07 Å². The molecule has 0 aliphatic heterocycles. The molecule has 0 saturated carbocycles. The third-order valence-corrected chi connectivity index (χ3v) is 7.69. The Morgan fingerprint density at radius 1 is 1.09 bits per heavy atom. The Kier molecular flexibility index (Phi) is 5.32. The van der Waals surface area contributed by atoms with Crippen molar-refractivity contribution in [3.8, 4) is 0 Å². The number of hydrogen-bond acceptors (Lipinski definition) is 6. The number of nitrogens with one attached hydrogen (secondary N) is 2. The first-order valence-corrected chi connectivity index (χ1v) is 12.6. The summed E-state index contributed by atoms with van der Waals surface area (Å²) in [6.45, 7) is 0. The largest absolute Gasteiger partial charge is 0.322 e. The Bertz CT molecular complexity index is 1440. The van der Waals surface area contributed by atoms with E-state index in [2.05, 4.69) is 15.0 Å². The zero-order valence-corrected chi connectivity index (χ0v) is 19.0. The van der Waals surface area contributed by atoms with Gasteiger partial charge in [0.15, 0.2) is 5.13 Å². The molecule has 2 N–H and O–H groups in total. The Balaban J connectivity index is 1.44. The molecule has 0 atom stereocenters. The minimum atomic E-state index is -3.76. The highest BCUT2D eigenvalue weighted by Gasteiger charge is 2.24. The summed E-state index contributed by atoms with van der Waals surface area (Å²) in [4.78, 5) is 22.0. The minimum absolute atomic E-state index is 0.0766. The summed E-state index contributed by atoms with van der Waals surface area (Å²) < 4.78 is 27.4. The van der Waals surface area contributed by atoms with Crippen LogP contribution in [0.5, 0.6) is 0 Å². The second-order valence-electron chi connectivity index (χ2n) is 7.35. The van der Waals surface area contributed by atoms with Gasteiger partial charge in [-0.3, -0.25) is 14.5 Å². The normalized spacial score (nSPS) is 13.2. The van der Waals surface area contributed by atoms with Crippen LogP contribution in [-0.4, -0.2) is 24.3 Å². The third kappa shape index (κ3) is 3.94. The molecule has 5 rings (SSSR count). The van der Waals surface area contributed by atoms with Crippen LogP contribution >= 0.6 is 22.9 Å². The van der Waals surface area contributed by atoms with Gasteiger partial charge in [-0.25, -0.2) is 13.4 Å². The van der Waals surface area contributed by atoms with Gasteiger partial charge in [0, 0.05) is 33.4 Å². The van der Waals surface area contributed by atoms with Crippen molar-refractivity contribution in [1.82, 2.24) is 9.97 Å².